The number of benzene rings is 2. The summed E-state index contributed by atoms with van der Waals surface area (Å²) in [6.07, 6.45) is 0. The molecule has 9 nitrogen and oxygen atoms in total. The van der Waals surface area contributed by atoms with Gasteiger partial charge in [0, 0.05) is 19.8 Å². The number of sulfonamides is 1. The summed E-state index contributed by atoms with van der Waals surface area (Å²) in [7, 11) is -0.592. The number of nitrogens with zero attached hydrogens (tertiary/aromatic N) is 2. The summed E-state index contributed by atoms with van der Waals surface area (Å²) in [5.74, 6) is 0.301. The van der Waals surface area contributed by atoms with Gasteiger partial charge in [0.1, 0.15) is 6.54 Å². The molecule has 10 heteroatoms. The van der Waals surface area contributed by atoms with Gasteiger partial charge in [-0.3, -0.25) is 9.59 Å². The first kappa shape index (κ1) is 22.6. The first-order valence-electron chi connectivity index (χ1n) is 9.84. The van der Waals surface area contributed by atoms with Crippen LogP contribution in [0.15, 0.2) is 58.2 Å². The summed E-state index contributed by atoms with van der Waals surface area (Å²) in [6.45, 7) is 3.17. The van der Waals surface area contributed by atoms with Gasteiger partial charge in [0.2, 0.25) is 10.0 Å². The van der Waals surface area contributed by atoms with Crippen LogP contribution in [0.4, 0.5) is 5.69 Å². The molecular weight excluding hydrogens is 418 g/mol. The van der Waals surface area contributed by atoms with Crippen molar-refractivity contribution in [1.29, 1.82) is 0 Å². The fraction of sp³-hybridized carbons (Fsp3) is 0.286. The number of aromatic nitrogens is 2. The fourth-order valence-electron chi connectivity index (χ4n) is 3.12. The summed E-state index contributed by atoms with van der Waals surface area (Å²) >= 11 is 0. The van der Waals surface area contributed by atoms with E-state index in [-0.39, 0.29) is 22.9 Å². The Morgan fingerprint density at radius 1 is 1.13 bits per heavy atom. The van der Waals surface area contributed by atoms with Crippen molar-refractivity contribution >= 4 is 32.5 Å². The lowest BCUT2D eigenvalue weighted by molar-refractivity contribution is -0.904. The van der Waals surface area contributed by atoms with Gasteiger partial charge in [0.15, 0.2) is 12.4 Å². The molecule has 0 aliphatic rings. The molecule has 1 aromatic heterocycles. The van der Waals surface area contributed by atoms with Gasteiger partial charge in [-0.05, 0) is 43.3 Å². The average molecular weight is 445 g/mol. The number of quaternary nitrogens is 1. The third kappa shape index (κ3) is 5.35. The number of anilines is 1. The Bertz CT molecular complexity index is 1240. The van der Waals surface area contributed by atoms with Crippen molar-refractivity contribution in [2.45, 2.75) is 18.4 Å². The summed E-state index contributed by atoms with van der Waals surface area (Å²) in [4.78, 5) is 33.1. The van der Waals surface area contributed by atoms with E-state index in [1.165, 1.54) is 26.2 Å². The van der Waals surface area contributed by atoms with Crippen LogP contribution < -0.4 is 15.8 Å². The molecule has 164 valence electrons. The number of nitrogens with one attached hydrogen (secondary N) is 3. The lowest BCUT2D eigenvalue weighted by Crippen LogP contribution is -3.11. The minimum atomic E-state index is -3.52. The van der Waals surface area contributed by atoms with Crippen molar-refractivity contribution in [3.63, 3.8) is 0 Å². The molecule has 0 aliphatic carbocycles. The Balaban J connectivity index is 1.66. The maximum atomic E-state index is 12.5. The fourth-order valence-corrected chi connectivity index (χ4v) is 4.02. The van der Waals surface area contributed by atoms with Crippen LogP contribution in [0.5, 0.6) is 0 Å². The van der Waals surface area contributed by atoms with E-state index in [1.807, 2.05) is 13.0 Å². The number of hydrogen-bond acceptors (Lipinski definition) is 5. The average Bonchev–Trinajstić information content (AvgIpc) is 2.73. The molecule has 1 unspecified atom stereocenters. The van der Waals surface area contributed by atoms with E-state index in [0.29, 0.717) is 35.5 Å². The van der Waals surface area contributed by atoms with Gasteiger partial charge in [-0.15, -0.1) is 0 Å². The molecule has 0 aliphatic heterocycles. The van der Waals surface area contributed by atoms with Gasteiger partial charge in [-0.25, -0.2) is 17.7 Å². The van der Waals surface area contributed by atoms with Gasteiger partial charge in [-0.2, -0.15) is 0 Å². The maximum Gasteiger partial charge on any atom is 0.279 e. The van der Waals surface area contributed by atoms with Crippen LogP contribution in [0.1, 0.15) is 12.7 Å². The summed E-state index contributed by atoms with van der Waals surface area (Å²) in [6, 6.07) is 13.1. The zero-order valence-corrected chi connectivity index (χ0v) is 18.5. The molecular formula is C21H26N5O4S+. The number of hydrogen-bond donors (Lipinski definition) is 3. The van der Waals surface area contributed by atoms with Crippen molar-refractivity contribution in [1.82, 2.24) is 14.3 Å². The summed E-state index contributed by atoms with van der Waals surface area (Å²) < 4.78 is 25.4. The molecule has 3 N–H and O–H groups in total. The second-order valence-corrected chi connectivity index (χ2v) is 9.50. The second kappa shape index (κ2) is 9.38. The van der Waals surface area contributed by atoms with Crippen LogP contribution in [0.3, 0.4) is 0 Å². The van der Waals surface area contributed by atoms with E-state index < -0.39 is 10.0 Å². The van der Waals surface area contributed by atoms with Crippen molar-refractivity contribution < 1.29 is 18.1 Å². The monoisotopic (exact) mass is 444 g/mol. The number of fused-ring (bicyclic) bond motifs is 1. The standard InChI is InChI=1S/C21H25N5O4S/c1-4-26(13-19-23-18-8-6-5-7-17(18)21(28)24-19)14-20(27)22-15-9-11-16(12-10-15)31(29,30)25(2)3/h5-12H,4,13-14H2,1-3H3,(H,22,27)(H,23,24,28)/p+1. The maximum absolute atomic E-state index is 12.5. The highest BCUT2D eigenvalue weighted by Gasteiger charge is 2.18. The van der Waals surface area contributed by atoms with Crippen LogP contribution in [0.25, 0.3) is 10.9 Å². The quantitative estimate of drug-likeness (QED) is 0.460. The van der Waals surface area contributed by atoms with Crippen molar-refractivity contribution in [2.75, 3.05) is 32.5 Å². The summed E-state index contributed by atoms with van der Waals surface area (Å²) in [5.41, 5.74) is 0.928. The van der Waals surface area contributed by atoms with E-state index in [0.717, 1.165) is 9.21 Å². The number of carbonyl (C=O) groups is 1. The van der Waals surface area contributed by atoms with Crippen LogP contribution in [-0.2, 0) is 21.4 Å². The Morgan fingerprint density at radius 3 is 2.45 bits per heavy atom. The minimum Gasteiger partial charge on any atom is -0.321 e. The zero-order valence-electron chi connectivity index (χ0n) is 17.7. The largest absolute Gasteiger partial charge is 0.321 e. The molecule has 1 heterocycles. The molecule has 3 aromatic rings. The predicted octanol–water partition coefficient (Wildman–Crippen LogP) is 0.217. The van der Waals surface area contributed by atoms with Crippen LogP contribution in [0, 0.1) is 0 Å². The van der Waals surface area contributed by atoms with Crippen molar-refractivity contribution in [3.8, 4) is 0 Å². The van der Waals surface area contributed by atoms with Crippen LogP contribution in [0.2, 0.25) is 0 Å². The molecule has 0 spiro atoms. The second-order valence-electron chi connectivity index (χ2n) is 7.35. The number of para-hydroxylation sites is 1. The Morgan fingerprint density at radius 2 is 1.81 bits per heavy atom. The van der Waals surface area contributed by atoms with Crippen LogP contribution in [-0.4, -0.2) is 55.8 Å². The topological polar surface area (TPSA) is 117 Å². The first-order chi connectivity index (χ1) is 14.7. The van der Waals surface area contributed by atoms with E-state index in [4.69, 9.17) is 0 Å². The SMILES string of the molecule is CC[NH+](CC(=O)Nc1ccc(S(=O)(=O)N(C)C)cc1)Cc1nc2ccccc2c(=O)[nH]1. The number of likely N-dealkylation sites (N-methyl/N-ethyl adjacent to an activating group) is 1. The molecule has 0 saturated carbocycles. The van der Waals surface area contributed by atoms with E-state index >= 15 is 0 Å². The van der Waals surface area contributed by atoms with E-state index in [9.17, 15) is 18.0 Å². The van der Waals surface area contributed by atoms with Crippen molar-refractivity contribution in [3.05, 3.63) is 64.7 Å². The number of H-pyrrole nitrogens is 1. The Hall–Kier alpha value is -3.08. The molecule has 0 saturated heterocycles. The highest BCUT2D eigenvalue weighted by molar-refractivity contribution is 7.89. The van der Waals surface area contributed by atoms with Gasteiger partial charge in [0.25, 0.3) is 11.5 Å². The number of amides is 1. The van der Waals surface area contributed by atoms with Crippen molar-refractivity contribution in [2.24, 2.45) is 0 Å². The molecule has 31 heavy (non-hydrogen) atoms. The smallest absolute Gasteiger partial charge is 0.279 e. The Kier molecular flexibility index (Phi) is 6.84. The highest BCUT2D eigenvalue weighted by atomic mass is 32.2. The molecule has 1 amide bonds. The molecule has 2 aromatic carbocycles. The molecule has 0 radical (unpaired) electrons. The molecule has 3 rings (SSSR count). The lowest BCUT2D eigenvalue weighted by atomic mass is 10.2. The molecule has 0 bridgehead atoms. The van der Waals surface area contributed by atoms with E-state index in [1.54, 1.807) is 30.3 Å². The van der Waals surface area contributed by atoms with Gasteiger partial charge >= 0.3 is 0 Å². The number of carbonyl (C=O) groups excluding carboxylic acids is 1. The highest BCUT2D eigenvalue weighted by Crippen LogP contribution is 2.16. The Labute approximate surface area is 180 Å². The van der Waals surface area contributed by atoms with Gasteiger partial charge in [0.05, 0.1) is 22.3 Å². The summed E-state index contributed by atoms with van der Waals surface area (Å²) in [5, 5.41) is 3.31. The number of rotatable bonds is 8. The third-order valence-corrected chi connectivity index (χ3v) is 6.74. The first-order valence-corrected chi connectivity index (χ1v) is 11.3. The predicted molar refractivity (Wildman–Crippen MR) is 118 cm³/mol. The third-order valence-electron chi connectivity index (χ3n) is 4.91. The van der Waals surface area contributed by atoms with Gasteiger partial charge in [-0.1, -0.05) is 12.1 Å². The van der Waals surface area contributed by atoms with Crippen LogP contribution >= 0.6 is 0 Å². The minimum absolute atomic E-state index is 0.155. The normalized spacial score (nSPS) is 12.8. The zero-order chi connectivity index (χ0) is 22.6. The van der Waals surface area contributed by atoms with Gasteiger partial charge < -0.3 is 15.2 Å². The van der Waals surface area contributed by atoms with E-state index in [2.05, 4.69) is 15.3 Å². The molecule has 0 fully saturated rings. The number of aromatic amines is 1. The molecule has 1 atom stereocenters. The lowest BCUT2D eigenvalue weighted by Gasteiger charge is -2.17.